The minimum absolute atomic E-state index is 0. The van der Waals surface area contributed by atoms with E-state index in [-0.39, 0.29) is 12.4 Å². The van der Waals surface area contributed by atoms with Crippen LogP contribution in [-0.2, 0) is 0 Å². The van der Waals surface area contributed by atoms with Crippen LogP contribution in [0.1, 0.15) is 31.7 Å². The average molecular weight is 186 g/mol. The molecule has 12 heavy (non-hydrogen) atoms. The molecule has 0 amide bonds. The molecule has 1 aromatic rings. The lowest BCUT2D eigenvalue weighted by atomic mass is 9.97. The van der Waals surface area contributed by atoms with Gasteiger partial charge in [-0.3, -0.25) is 0 Å². The molecule has 0 aliphatic heterocycles. The lowest BCUT2D eigenvalue weighted by Gasteiger charge is -2.08. The molecule has 0 aromatic heterocycles. The zero-order valence-electron chi connectivity index (χ0n) is 7.68. The van der Waals surface area contributed by atoms with Gasteiger partial charge in [0, 0.05) is 5.56 Å². The van der Waals surface area contributed by atoms with Crippen LogP contribution in [0.15, 0.2) is 24.3 Å². The van der Waals surface area contributed by atoms with Crippen molar-refractivity contribution < 1.29 is 18.1 Å². The first-order valence-electron chi connectivity index (χ1n) is 4.16. The van der Waals surface area contributed by atoms with Gasteiger partial charge < -0.3 is 18.1 Å². The lowest BCUT2D eigenvalue weighted by molar-refractivity contribution is -0.256. The molecule has 0 fully saturated rings. The van der Waals surface area contributed by atoms with Gasteiger partial charge in [-0.1, -0.05) is 32.0 Å². The molecule has 0 saturated carbocycles. The second kappa shape index (κ2) is 5.18. The molecule has 0 aliphatic rings. The van der Waals surface area contributed by atoms with Crippen molar-refractivity contribution in [3.8, 4) is 0 Å². The summed E-state index contributed by atoms with van der Waals surface area (Å²) in [5.41, 5.74) is 6.54. The fraction of sp³-hybridized carbons (Fsp3) is 0.400. The third-order valence-corrected chi connectivity index (χ3v) is 2.20. The van der Waals surface area contributed by atoms with Crippen LogP contribution in [0.4, 0.5) is 5.69 Å². The van der Waals surface area contributed by atoms with Gasteiger partial charge in [-0.05, 0) is 18.4 Å². The van der Waals surface area contributed by atoms with E-state index in [9.17, 15) is 0 Å². The number of benzene rings is 1. The third kappa shape index (κ3) is 2.50. The summed E-state index contributed by atoms with van der Waals surface area (Å²) >= 11 is 0. The van der Waals surface area contributed by atoms with Crippen molar-refractivity contribution in [2.45, 2.75) is 26.2 Å². The highest BCUT2D eigenvalue weighted by Gasteiger charge is 2.07. The SMILES string of the molecule is CCC(C)c1ccccc1[NH3+].[Cl-]. The van der Waals surface area contributed by atoms with Gasteiger partial charge in [-0.2, -0.15) is 0 Å². The number of quaternary nitrogens is 1. The van der Waals surface area contributed by atoms with E-state index in [4.69, 9.17) is 0 Å². The Morgan fingerprint density at radius 3 is 2.42 bits per heavy atom. The third-order valence-electron chi connectivity index (χ3n) is 2.20. The Labute approximate surface area is 80.4 Å². The van der Waals surface area contributed by atoms with Gasteiger partial charge in [0.1, 0.15) is 5.69 Å². The van der Waals surface area contributed by atoms with Gasteiger partial charge in [-0.25, -0.2) is 0 Å². The van der Waals surface area contributed by atoms with E-state index in [0.29, 0.717) is 5.92 Å². The molecule has 1 nitrogen and oxygen atoms in total. The Morgan fingerprint density at radius 2 is 1.92 bits per heavy atom. The fourth-order valence-electron chi connectivity index (χ4n) is 1.23. The van der Waals surface area contributed by atoms with Crippen molar-refractivity contribution >= 4 is 5.69 Å². The monoisotopic (exact) mass is 185 g/mol. The molecule has 0 aliphatic carbocycles. The van der Waals surface area contributed by atoms with E-state index in [1.165, 1.54) is 17.7 Å². The van der Waals surface area contributed by atoms with E-state index in [1.54, 1.807) is 0 Å². The van der Waals surface area contributed by atoms with Gasteiger partial charge in [0.25, 0.3) is 0 Å². The molecule has 68 valence electrons. The highest BCUT2D eigenvalue weighted by atomic mass is 35.5. The van der Waals surface area contributed by atoms with E-state index in [0.717, 1.165) is 0 Å². The van der Waals surface area contributed by atoms with Crippen molar-refractivity contribution in [1.29, 1.82) is 0 Å². The second-order valence-corrected chi connectivity index (χ2v) is 3.01. The Kier molecular flexibility index (Phi) is 4.95. The number of hydrogen-bond acceptors (Lipinski definition) is 0. The summed E-state index contributed by atoms with van der Waals surface area (Å²) in [6.07, 6.45) is 1.19. The zero-order valence-corrected chi connectivity index (χ0v) is 8.43. The summed E-state index contributed by atoms with van der Waals surface area (Å²) in [7, 11) is 0. The molecule has 1 unspecified atom stereocenters. The van der Waals surface area contributed by atoms with E-state index in [2.05, 4.69) is 37.8 Å². The van der Waals surface area contributed by atoms with Crippen LogP contribution in [-0.4, -0.2) is 0 Å². The van der Waals surface area contributed by atoms with Crippen molar-refractivity contribution in [3.63, 3.8) is 0 Å². The van der Waals surface area contributed by atoms with E-state index in [1.807, 2.05) is 6.07 Å². The van der Waals surface area contributed by atoms with Crippen molar-refractivity contribution in [2.24, 2.45) is 0 Å². The first kappa shape index (κ1) is 11.5. The number of halogens is 1. The summed E-state index contributed by atoms with van der Waals surface area (Å²) in [6, 6.07) is 8.35. The Morgan fingerprint density at radius 1 is 1.33 bits per heavy atom. The topological polar surface area (TPSA) is 27.6 Å². The predicted octanol–water partition coefficient (Wildman–Crippen LogP) is -0.922. The van der Waals surface area contributed by atoms with Crippen LogP contribution in [0.2, 0.25) is 0 Å². The van der Waals surface area contributed by atoms with Crippen LogP contribution >= 0.6 is 0 Å². The van der Waals surface area contributed by atoms with Gasteiger partial charge in [0.15, 0.2) is 0 Å². The predicted molar refractivity (Wildman–Crippen MR) is 47.7 cm³/mol. The van der Waals surface area contributed by atoms with Crippen molar-refractivity contribution in [2.75, 3.05) is 0 Å². The molecule has 0 bridgehead atoms. The van der Waals surface area contributed by atoms with Crippen LogP contribution < -0.4 is 18.1 Å². The Balaban J connectivity index is 0.00000121. The van der Waals surface area contributed by atoms with Crippen LogP contribution in [0.5, 0.6) is 0 Å². The highest BCUT2D eigenvalue weighted by molar-refractivity contribution is 5.40. The molecule has 0 heterocycles. The normalized spacial score (nSPS) is 11.9. The molecule has 0 spiro atoms. The Hall–Kier alpha value is -0.530. The van der Waals surface area contributed by atoms with Crippen LogP contribution in [0, 0.1) is 0 Å². The minimum atomic E-state index is 0. The molecule has 1 rings (SSSR count). The largest absolute Gasteiger partial charge is 1.00 e. The Bertz CT molecular complexity index is 235. The fourth-order valence-corrected chi connectivity index (χ4v) is 1.23. The molecule has 0 radical (unpaired) electrons. The standard InChI is InChI=1S/C10H15N.ClH/c1-3-8(2)9-6-4-5-7-10(9)11;/h4-8H,3,11H2,1-2H3;1H. The summed E-state index contributed by atoms with van der Waals surface area (Å²) in [4.78, 5) is 0. The maximum atomic E-state index is 3.99. The number of rotatable bonds is 2. The second-order valence-electron chi connectivity index (χ2n) is 3.01. The number of hydrogen-bond donors (Lipinski definition) is 1. The van der Waals surface area contributed by atoms with Gasteiger partial charge in [0.2, 0.25) is 0 Å². The quantitative estimate of drug-likeness (QED) is 0.618. The highest BCUT2D eigenvalue weighted by Crippen LogP contribution is 2.22. The zero-order chi connectivity index (χ0) is 8.27. The average Bonchev–Trinajstić information content (AvgIpc) is 2.04. The molecule has 1 atom stereocenters. The molecule has 1 aromatic carbocycles. The molecule has 0 saturated heterocycles. The molecule has 3 N–H and O–H groups in total. The van der Waals surface area contributed by atoms with E-state index < -0.39 is 0 Å². The lowest BCUT2D eigenvalue weighted by Crippen LogP contribution is -3.00. The summed E-state index contributed by atoms with van der Waals surface area (Å²) in [5, 5.41) is 0. The maximum absolute atomic E-state index is 3.99. The van der Waals surface area contributed by atoms with Crippen LogP contribution in [0.25, 0.3) is 0 Å². The molecular weight excluding hydrogens is 170 g/mol. The van der Waals surface area contributed by atoms with E-state index >= 15 is 0 Å². The molecule has 2 heteroatoms. The summed E-state index contributed by atoms with van der Waals surface area (Å²) in [5.74, 6) is 0.642. The molecular formula is C10H16ClN. The minimum Gasteiger partial charge on any atom is -1.00 e. The first-order chi connectivity index (χ1) is 5.25. The summed E-state index contributed by atoms with van der Waals surface area (Å²) in [6.45, 7) is 4.45. The van der Waals surface area contributed by atoms with Crippen LogP contribution in [0.3, 0.4) is 0 Å². The van der Waals surface area contributed by atoms with Gasteiger partial charge in [0.05, 0.1) is 0 Å². The smallest absolute Gasteiger partial charge is 0.131 e. The maximum Gasteiger partial charge on any atom is 0.131 e. The van der Waals surface area contributed by atoms with Gasteiger partial charge in [-0.15, -0.1) is 0 Å². The van der Waals surface area contributed by atoms with Crippen molar-refractivity contribution in [3.05, 3.63) is 29.8 Å². The first-order valence-corrected chi connectivity index (χ1v) is 4.16. The summed E-state index contributed by atoms with van der Waals surface area (Å²) < 4.78 is 0. The van der Waals surface area contributed by atoms with Crippen molar-refractivity contribution in [1.82, 2.24) is 0 Å². The van der Waals surface area contributed by atoms with Gasteiger partial charge >= 0.3 is 0 Å².